The van der Waals surface area contributed by atoms with Crippen molar-refractivity contribution >= 4 is 46.2 Å². The maximum atomic E-state index is 15.9. The quantitative estimate of drug-likeness (QED) is 0.205. The zero-order valence-electron chi connectivity index (χ0n) is 31.1. The summed E-state index contributed by atoms with van der Waals surface area (Å²) in [5.41, 5.74) is -0.270. The van der Waals surface area contributed by atoms with Crippen molar-refractivity contribution in [3.05, 3.63) is 88.6 Å². The summed E-state index contributed by atoms with van der Waals surface area (Å²) >= 11 is 0. The lowest BCUT2D eigenvalue weighted by atomic mass is 10.1. The molecule has 1 aromatic carbocycles. The molecule has 1 aliphatic rings. The van der Waals surface area contributed by atoms with Crippen LogP contribution in [-0.2, 0) is 14.4 Å². The summed E-state index contributed by atoms with van der Waals surface area (Å²) in [5, 5.41) is 5.39. The maximum absolute atomic E-state index is 15.9. The lowest BCUT2D eigenvalue weighted by Crippen LogP contribution is -2.58. The number of anilines is 2. The van der Waals surface area contributed by atoms with Gasteiger partial charge in [-0.05, 0) is 76.1 Å². The Labute approximate surface area is 310 Å². The van der Waals surface area contributed by atoms with E-state index in [2.05, 4.69) is 37.1 Å². The van der Waals surface area contributed by atoms with Crippen LogP contribution in [0, 0.1) is 11.6 Å². The van der Waals surface area contributed by atoms with Gasteiger partial charge in [0.15, 0.2) is 0 Å². The second-order valence-corrected chi connectivity index (χ2v) is 13.7. The molecule has 5 rings (SSSR count). The Bertz CT molecular complexity index is 2190. The van der Waals surface area contributed by atoms with Crippen LogP contribution < -0.4 is 26.1 Å². The molecule has 0 radical (unpaired) electrons. The van der Waals surface area contributed by atoms with Crippen LogP contribution in [0.15, 0.2) is 60.0 Å². The van der Waals surface area contributed by atoms with Crippen LogP contribution in [0.3, 0.4) is 0 Å². The number of aromatic amines is 1. The van der Waals surface area contributed by atoms with E-state index in [0.29, 0.717) is 18.7 Å². The number of piperazine rings is 1. The first kappa shape index (κ1) is 39.2. The van der Waals surface area contributed by atoms with E-state index in [1.807, 2.05) is 27.7 Å². The molecule has 14 nitrogen and oxygen atoms in total. The molecule has 284 valence electrons. The number of carbonyl (C=O) groups excluding carboxylic acids is 4. The first-order chi connectivity index (χ1) is 25.5. The van der Waals surface area contributed by atoms with Gasteiger partial charge in [0.2, 0.25) is 17.7 Å². The summed E-state index contributed by atoms with van der Waals surface area (Å²) in [7, 11) is 1.41. The largest absolute Gasteiger partial charge is 0.349 e. The fraction of sp³-hybridized carbons (Fsp3) is 0.368. The number of hydrogen-bond donors (Lipinski definition) is 3. The number of fused-ring (bicyclic) bond motifs is 1. The van der Waals surface area contributed by atoms with Crippen LogP contribution in [0.25, 0.3) is 22.3 Å². The molecule has 1 aliphatic heterocycles. The van der Waals surface area contributed by atoms with Crippen molar-refractivity contribution in [3.8, 4) is 11.3 Å². The number of amides is 4. The molecule has 1 fully saturated rings. The molecule has 4 heterocycles. The van der Waals surface area contributed by atoms with Crippen LogP contribution in [0.4, 0.5) is 20.3 Å². The number of aromatic nitrogens is 4. The van der Waals surface area contributed by atoms with Crippen molar-refractivity contribution in [2.24, 2.45) is 0 Å². The van der Waals surface area contributed by atoms with Gasteiger partial charge >= 0.3 is 5.69 Å². The van der Waals surface area contributed by atoms with E-state index in [4.69, 9.17) is 0 Å². The summed E-state index contributed by atoms with van der Waals surface area (Å²) in [6, 6.07) is 5.28. The normalized spacial score (nSPS) is 16.9. The molecule has 0 aliphatic carbocycles. The summed E-state index contributed by atoms with van der Waals surface area (Å²) in [5.74, 6) is -3.39. The highest BCUT2D eigenvalue weighted by atomic mass is 19.1. The molecule has 3 aromatic heterocycles. The molecule has 0 saturated carbocycles. The third-order valence-corrected chi connectivity index (χ3v) is 9.39. The molecule has 1 saturated heterocycles. The zero-order chi connectivity index (χ0) is 39.6. The fourth-order valence-electron chi connectivity index (χ4n) is 6.27. The predicted octanol–water partition coefficient (Wildman–Crippen LogP) is 3.68. The van der Waals surface area contributed by atoms with Crippen LogP contribution in [0.1, 0.15) is 63.5 Å². The second-order valence-electron chi connectivity index (χ2n) is 13.7. The predicted molar refractivity (Wildman–Crippen MR) is 200 cm³/mol. The number of pyridine rings is 2. The van der Waals surface area contributed by atoms with Crippen molar-refractivity contribution in [2.75, 3.05) is 29.9 Å². The fourth-order valence-corrected chi connectivity index (χ4v) is 6.27. The molecule has 0 bridgehead atoms. The third-order valence-electron chi connectivity index (χ3n) is 9.39. The summed E-state index contributed by atoms with van der Waals surface area (Å²) in [4.78, 5) is 84.1. The Balaban J connectivity index is 1.34. The van der Waals surface area contributed by atoms with E-state index in [1.54, 1.807) is 15.9 Å². The number of nitrogens with one attached hydrogen (secondary N) is 3. The Hall–Kier alpha value is -6.06. The van der Waals surface area contributed by atoms with Gasteiger partial charge in [0.05, 0.1) is 5.39 Å². The maximum Gasteiger partial charge on any atom is 0.348 e. The molecule has 4 atom stereocenters. The van der Waals surface area contributed by atoms with E-state index in [0.717, 1.165) is 17.8 Å². The molecule has 54 heavy (non-hydrogen) atoms. The third kappa shape index (κ3) is 8.11. The molecular weight excluding hydrogens is 700 g/mol. The number of carbonyl (C=O) groups is 4. The number of benzene rings is 1. The average Bonchev–Trinajstić information content (AvgIpc) is 3.14. The molecule has 0 spiro atoms. The zero-order valence-corrected chi connectivity index (χ0v) is 31.1. The number of halogens is 2. The van der Waals surface area contributed by atoms with Crippen LogP contribution >= 0.6 is 0 Å². The summed E-state index contributed by atoms with van der Waals surface area (Å²) in [6.07, 6.45) is 2.75. The van der Waals surface area contributed by atoms with E-state index in [9.17, 15) is 24.0 Å². The SMILES string of the molecule is C=CC(=O)N1C[C@H](C)N(c2nc(=O)[nH]c3nc(-c4cc(N(C)C(=O)C(C)NC(=O)C(C)NC(=O)c5ccnc(C(C)C)c5)ccc4F)c(F)cc23)C[C@H]1C. The molecular formula is C38H43F2N9O5. The summed E-state index contributed by atoms with van der Waals surface area (Å²) in [6.45, 7) is 14.7. The Kier molecular flexibility index (Phi) is 11.5. The lowest BCUT2D eigenvalue weighted by Gasteiger charge is -2.44. The monoisotopic (exact) mass is 743 g/mol. The first-order valence-corrected chi connectivity index (χ1v) is 17.5. The highest BCUT2D eigenvalue weighted by molar-refractivity contribution is 6.01. The van der Waals surface area contributed by atoms with Gasteiger partial charge in [-0.15, -0.1) is 0 Å². The Morgan fingerprint density at radius 3 is 2.37 bits per heavy atom. The van der Waals surface area contributed by atoms with Gasteiger partial charge < -0.3 is 25.3 Å². The van der Waals surface area contributed by atoms with E-state index in [-0.39, 0.29) is 52.0 Å². The molecule has 16 heteroatoms. The van der Waals surface area contributed by atoms with Crippen LogP contribution in [0.2, 0.25) is 0 Å². The van der Waals surface area contributed by atoms with Crippen molar-refractivity contribution in [1.29, 1.82) is 0 Å². The van der Waals surface area contributed by atoms with Crippen molar-refractivity contribution in [2.45, 2.75) is 71.6 Å². The Morgan fingerprint density at radius 1 is 0.963 bits per heavy atom. The number of rotatable bonds is 10. The van der Waals surface area contributed by atoms with Crippen LogP contribution in [0.5, 0.6) is 0 Å². The minimum atomic E-state index is -1.07. The molecule has 3 N–H and O–H groups in total. The van der Waals surface area contributed by atoms with Crippen molar-refractivity contribution in [3.63, 3.8) is 0 Å². The minimum Gasteiger partial charge on any atom is -0.349 e. The minimum absolute atomic E-state index is 0.0399. The molecule has 2 unspecified atom stereocenters. The summed E-state index contributed by atoms with van der Waals surface area (Å²) < 4.78 is 31.3. The standard InChI is InChI=1S/C38H43F2N9O5/c1-9-31(50)48-17-21(5)49(18-20(48)4)34-27-16-29(40)32(44-33(27)45-38(54)46-34)26-15-25(10-11-28(26)39)47(8)37(53)23(7)43-35(51)22(6)42-36(52)24-12-13-41-30(14-24)19(2)3/h9-16,19-23H,1,17-18H2,2-8H3,(H,42,52)(H,43,51)(H,44,45,46,54)/t20-,21+,22?,23?/m1/s1. The second kappa shape index (κ2) is 15.9. The van der Waals surface area contributed by atoms with Crippen molar-refractivity contribution < 1.29 is 28.0 Å². The molecule has 4 aromatic rings. The van der Waals surface area contributed by atoms with Gasteiger partial charge in [-0.3, -0.25) is 29.1 Å². The highest BCUT2D eigenvalue weighted by Gasteiger charge is 2.33. The van der Waals surface area contributed by atoms with Gasteiger partial charge in [0.1, 0.15) is 40.9 Å². The average molecular weight is 744 g/mol. The van der Waals surface area contributed by atoms with E-state index >= 15 is 8.78 Å². The number of likely N-dealkylation sites (N-methyl/N-ethyl adjacent to an activating group) is 1. The van der Waals surface area contributed by atoms with Gasteiger partial charge in [0.25, 0.3) is 5.91 Å². The first-order valence-electron chi connectivity index (χ1n) is 17.5. The lowest BCUT2D eigenvalue weighted by molar-refractivity contribution is -0.128. The topological polar surface area (TPSA) is 174 Å². The van der Waals surface area contributed by atoms with Crippen molar-refractivity contribution in [1.82, 2.24) is 35.5 Å². The highest BCUT2D eigenvalue weighted by Crippen LogP contribution is 2.33. The van der Waals surface area contributed by atoms with E-state index in [1.165, 1.54) is 56.3 Å². The van der Waals surface area contributed by atoms with Gasteiger partial charge in [0, 0.05) is 60.9 Å². The number of hydrogen-bond acceptors (Lipinski definition) is 9. The molecule has 4 amide bonds. The van der Waals surface area contributed by atoms with E-state index < -0.39 is 52.8 Å². The van der Waals surface area contributed by atoms with Gasteiger partial charge in [-0.25, -0.2) is 18.6 Å². The van der Waals surface area contributed by atoms with Crippen LogP contribution in [-0.4, -0.2) is 92.8 Å². The van der Waals surface area contributed by atoms with Gasteiger partial charge in [-0.1, -0.05) is 20.4 Å². The Morgan fingerprint density at radius 2 is 1.69 bits per heavy atom. The number of H-pyrrole nitrogens is 1. The number of nitrogens with zero attached hydrogens (tertiary/aromatic N) is 6. The smallest absolute Gasteiger partial charge is 0.348 e. The van der Waals surface area contributed by atoms with Gasteiger partial charge in [-0.2, -0.15) is 4.98 Å².